The summed E-state index contributed by atoms with van der Waals surface area (Å²) in [5, 5.41) is 2.86. The quantitative estimate of drug-likeness (QED) is 0.716. The summed E-state index contributed by atoms with van der Waals surface area (Å²) in [7, 11) is 0. The van der Waals surface area contributed by atoms with Crippen LogP contribution in [0.4, 0.5) is 0 Å². The van der Waals surface area contributed by atoms with Gasteiger partial charge in [0.25, 0.3) is 6.47 Å². The van der Waals surface area contributed by atoms with Crippen molar-refractivity contribution in [2.75, 3.05) is 6.61 Å². The van der Waals surface area contributed by atoms with E-state index in [1.807, 2.05) is 6.07 Å². The van der Waals surface area contributed by atoms with Gasteiger partial charge in [0.2, 0.25) is 6.41 Å². The minimum atomic E-state index is 0. The molecule has 0 aliphatic heterocycles. The average Bonchev–Trinajstić information content (AvgIpc) is 2.76. The largest absolute Gasteiger partial charge is 0.468 e. The van der Waals surface area contributed by atoms with Gasteiger partial charge in [-0.25, -0.2) is 0 Å². The van der Waals surface area contributed by atoms with Crippen LogP contribution in [-0.4, -0.2) is 19.5 Å². The second-order valence-corrected chi connectivity index (χ2v) is 7.18. The summed E-state index contributed by atoms with van der Waals surface area (Å²) in [6.07, 6.45) is 7.79. The fourth-order valence-corrected chi connectivity index (χ4v) is 3.87. The van der Waals surface area contributed by atoms with Crippen LogP contribution in [0.3, 0.4) is 0 Å². The molecular formula is C25H36N2O3. The number of amides is 1. The van der Waals surface area contributed by atoms with Gasteiger partial charge in [0, 0.05) is 6.04 Å². The molecule has 0 fully saturated rings. The number of nitrogens with two attached hydrogens (primary N) is 1. The Labute approximate surface area is 181 Å². The molecule has 0 saturated heterocycles. The minimum absolute atomic E-state index is 0. The van der Waals surface area contributed by atoms with E-state index in [2.05, 4.69) is 52.5 Å². The van der Waals surface area contributed by atoms with E-state index >= 15 is 0 Å². The van der Waals surface area contributed by atoms with Crippen LogP contribution in [0, 0.1) is 0 Å². The second-order valence-electron chi connectivity index (χ2n) is 7.18. The van der Waals surface area contributed by atoms with Crippen molar-refractivity contribution in [3.05, 3.63) is 70.8 Å². The fraction of sp³-hybridized carbons (Fsp3) is 0.440. The molecular weight excluding hydrogens is 376 g/mol. The summed E-state index contributed by atoms with van der Waals surface area (Å²) >= 11 is 0. The lowest BCUT2D eigenvalue weighted by Gasteiger charge is -2.24. The van der Waals surface area contributed by atoms with Gasteiger partial charge in [-0.1, -0.05) is 56.0 Å². The molecule has 2 aliphatic rings. The number of hydrogen-bond acceptors (Lipinski definition) is 4. The molecule has 2 aromatic carbocycles. The van der Waals surface area contributed by atoms with Gasteiger partial charge in [0.1, 0.15) is 0 Å². The molecule has 0 heterocycles. The zero-order valence-electron chi connectivity index (χ0n) is 17.2. The lowest BCUT2D eigenvalue weighted by Crippen LogP contribution is -2.23. The molecule has 0 bridgehead atoms. The standard InChI is InChI=1S/C11H13NO.C10H13N.C3H6O2.CH4/c13-8-12-11-7-3-5-9-4-1-2-6-10(9)11;11-10-7-3-5-8-4-1-2-6-9(8)10;1-2-5-3-4;/h1-2,4,6,8,11H,3,5,7H2,(H,12,13);1-2,4,6,10H,3,5,7,11H2;3H,2H2,1H3;1H4/t11-;10-;;/m11../s1. The molecule has 2 aliphatic carbocycles. The van der Waals surface area contributed by atoms with Gasteiger partial charge >= 0.3 is 0 Å². The van der Waals surface area contributed by atoms with Crippen molar-refractivity contribution >= 4 is 12.9 Å². The molecule has 0 unspecified atom stereocenters. The Kier molecular flexibility index (Phi) is 12.1. The molecule has 30 heavy (non-hydrogen) atoms. The Hall–Kier alpha value is -2.66. The van der Waals surface area contributed by atoms with Crippen molar-refractivity contribution in [3.8, 4) is 0 Å². The van der Waals surface area contributed by atoms with Crippen LogP contribution in [0.1, 0.15) is 74.4 Å². The zero-order chi connectivity index (χ0) is 20.9. The van der Waals surface area contributed by atoms with Gasteiger partial charge < -0.3 is 15.8 Å². The molecule has 2 atom stereocenters. The summed E-state index contributed by atoms with van der Waals surface area (Å²) in [5.41, 5.74) is 11.4. The Bertz CT molecular complexity index is 764. The lowest BCUT2D eigenvalue weighted by atomic mass is 9.88. The van der Waals surface area contributed by atoms with E-state index in [-0.39, 0.29) is 13.5 Å². The molecule has 0 radical (unpaired) electrons. The van der Waals surface area contributed by atoms with Crippen LogP contribution in [0.25, 0.3) is 0 Å². The number of nitrogens with one attached hydrogen (secondary N) is 1. The van der Waals surface area contributed by atoms with Gasteiger partial charge in [0.15, 0.2) is 0 Å². The van der Waals surface area contributed by atoms with Crippen molar-refractivity contribution < 1.29 is 14.3 Å². The number of carbonyl (C=O) groups excluding carboxylic acids is 2. The Balaban J connectivity index is 0.000000242. The molecule has 164 valence electrons. The Morgan fingerprint density at radius 1 is 0.967 bits per heavy atom. The van der Waals surface area contributed by atoms with Crippen LogP contribution in [0.2, 0.25) is 0 Å². The van der Waals surface area contributed by atoms with Gasteiger partial charge in [-0.2, -0.15) is 0 Å². The molecule has 0 spiro atoms. The van der Waals surface area contributed by atoms with Crippen molar-refractivity contribution in [3.63, 3.8) is 0 Å². The number of benzene rings is 2. The minimum Gasteiger partial charge on any atom is -0.468 e. The fourth-order valence-electron chi connectivity index (χ4n) is 3.87. The highest BCUT2D eigenvalue weighted by atomic mass is 16.5. The van der Waals surface area contributed by atoms with E-state index in [9.17, 15) is 9.59 Å². The van der Waals surface area contributed by atoms with Crippen LogP contribution in [0.5, 0.6) is 0 Å². The lowest BCUT2D eigenvalue weighted by molar-refractivity contribution is -0.128. The van der Waals surface area contributed by atoms with E-state index in [0.717, 1.165) is 25.7 Å². The highest BCUT2D eigenvalue weighted by Gasteiger charge is 2.18. The summed E-state index contributed by atoms with van der Waals surface area (Å²) < 4.78 is 4.15. The normalized spacial score (nSPS) is 18.3. The number of carbonyl (C=O) groups is 2. The highest BCUT2D eigenvalue weighted by molar-refractivity contribution is 5.49. The number of ether oxygens (including phenoxy) is 1. The third-order valence-corrected chi connectivity index (χ3v) is 5.29. The predicted octanol–water partition coefficient (Wildman–Crippen LogP) is 4.65. The number of aryl methyl sites for hydroxylation is 2. The molecule has 3 N–H and O–H groups in total. The van der Waals surface area contributed by atoms with Gasteiger partial charge in [-0.15, -0.1) is 0 Å². The SMILES string of the molecule is C.CCOC=O.N[C@@H]1CCCc2ccccc21.O=CN[C@@H]1CCCc2ccccc21. The molecule has 5 heteroatoms. The predicted molar refractivity (Wildman–Crippen MR) is 122 cm³/mol. The van der Waals surface area contributed by atoms with E-state index < -0.39 is 0 Å². The first kappa shape index (κ1) is 25.4. The number of fused-ring (bicyclic) bond motifs is 2. The third-order valence-electron chi connectivity index (χ3n) is 5.29. The molecule has 0 aromatic heterocycles. The maximum absolute atomic E-state index is 10.4. The van der Waals surface area contributed by atoms with Crippen molar-refractivity contribution in [2.24, 2.45) is 5.73 Å². The van der Waals surface area contributed by atoms with E-state index in [0.29, 0.717) is 19.1 Å². The van der Waals surface area contributed by atoms with Gasteiger partial charge in [0.05, 0.1) is 12.6 Å². The molecule has 2 aromatic rings. The summed E-state index contributed by atoms with van der Waals surface area (Å²) in [4.78, 5) is 19.6. The second kappa shape index (κ2) is 14.3. The highest BCUT2D eigenvalue weighted by Crippen LogP contribution is 2.29. The van der Waals surface area contributed by atoms with E-state index in [4.69, 9.17) is 5.73 Å². The van der Waals surface area contributed by atoms with Gasteiger partial charge in [-0.05, 0) is 67.7 Å². The average molecular weight is 413 g/mol. The van der Waals surface area contributed by atoms with Crippen molar-refractivity contribution in [1.29, 1.82) is 0 Å². The van der Waals surface area contributed by atoms with Crippen LogP contribution >= 0.6 is 0 Å². The first-order chi connectivity index (χ1) is 14.2. The first-order valence-corrected chi connectivity index (χ1v) is 10.4. The topological polar surface area (TPSA) is 81.4 Å². The summed E-state index contributed by atoms with van der Waals surface area (Å²) in [5.74, 6) is 0. The molecule has 0 saturated carbocycles. The first-order valence-electron chi connectivity index (χ1n) is 10.4. The van der Waals surface area contributed by atoms with Gasteiger partial charge in [-0.3, -0.25) is 9.59 Å². The van der Waals surface area contributed by atoms with Crippen molar-refractivity contribution in [1.82, 2.24) is 5.32 Å². The maximum atomic E-state index is 10.4. The summed E-state index contributed by atoms with van der Waals surface area (Å²) in [6, 6.07) is 17.4. The summed E-state index contributed by atoms with van der Waals surface area (Å²) in [6.45, 7) is 2.66. The Morgan fingerprint density at radius 2 is 1.53 bits per heavy atom. The molecule has 4 rings (SSSR count). The molecule has 1 amide bonds. The van der Waals surface area contributed by atoms with Crippen LogP contribution in [0.15, 0.2) is 48.5 Å². The van der Waals surface area contributed by atoms with Crippen LogP contribution in [-0.2, 0) is 27.2 Å². The third kappa shape index (κ3) is 7.64. The number of rotatable bonds is 4. The zero-order valence-corrected chi connectivity index (χ0v) is 17.2. The Morgan fingerprint density at radius 3 is 2.07 bits per heavy atom. The van der Waals surface area contributed by atoms with E-state index in [1.165, 1.54) is 41.5 Å². The number of hydrogen-bond donors (Lipinski definition) is 2. The maximum Gasteiger partial charge on any atom is 0.293 e. The van der Waals surface area contributed by atoms with Crippen molar-refractivity contribution in [2.45, 2.75) is 65.0 Å². The van der Waals surface area contributed by atoms with E-state index in [1.54, 1.807) is 6.92 Å². The monoisotopic (exact) mass is 412 g/mol. The molecule has 5 nitrogen and oxygen atoms in total. The van der Waals surface area contributed by atoms with Crippen LogP contribution < -0.4 is 11.1 Å². The smallest absolute Gasteiger partial charge is 0.293 e.